The minimum Gasteiger partial charge on any atom is -0.392 e. The zero-order valence-electron chi connectivity index (χ0n) is 19.7. The van der Waals surface area contributed by atoms with E-state index >= 15 is 0 Å². The third-order valence-electron chi connectivity index (χ3n) is 6.14. The molecule has 3 aromatic heterocycles. The number of pyridine rings is 2. The summed E-state index contributed by atoms with van der Waals surface area (Å²) in [5.41, 5.74) is 3.49. The first-order valence-corrected chi connectivity index (χ1v) is 15.3. The molecule has 4 heterocycles. The first kappa shape index (κ1) is 22.9. The molecule has 7 nitrogen and oxygen atoms in total. The number of hydrogen-bond acceptors (Lipinski definition) is 6. The van der Waals surface area contributed by atoms with Gasteiger partial charge in [-0.15, -0.1) is 0 Å². The van der Waals surface area contributed by atoms with Crippen LogP contribution in [0.5, 0.6) is 0 Å². The smallest absolute Gasteiger partial charge is 0.130 e. The zero-order valence-corrected chi connectivity index (χ0v) is 20.7. The number of ether oxygens (including phenoxy) is 1. The summed E-state index contributed by atoms with van der Waals surface area (Å²) in [4.78, 5) is 12.0. The molecule has 0 spiro atoms. The third kappa shape index (κ3) is 5.03. The first-order valence-electron chi connectivity index (χ1n) is 11.6. The number of unbranched alkanes of at least 4 members (excludes halogenated alkanes) is 1. The van der Waals surface area contributed by atoms with Crippen LogP contribution in [0.4, 0.5) is 5.82 Å². The van der Waals surface area contributed by atoms with Gasteiger partial charge in [0.05, 0.1) is 31.6 Å². The van der Waals surface area contributed by atoms with E-state index in [4.69, 9.17) is 14.7 Å². The monoisotopic (exact) mass is 453 g/mol. The molecule has 1 atom stereocenters. The molecule has 1 N–H and O–H groups in total. The molecule has 1 aliphatic rings. The lowest BCUT2D eigenvalue weighted by atomic mass is 10.1. The topological polar surface area (TPSA) is 76.3 Å². The van der Waals surface area contributed by atoms with Crippen LogP contribution in [0, 0.1) is 0 Å². The number of fused-ring (bicyclic) bond motifs is 1. The molecule has 1 saturated heterocycles. The average Bonchev–Trinajstić information content (AvgIpc) is 3.23. The van der Waals surface area contributed by atoms with E-state index in [0.29, 0.717) is 13.2 Å². The summed E-state index contributed by atoms with van der Waals surface area (Å²) < 4.78 is 7.66. The van der Waals surface area contributed by atoms with Crippen LogP contribution in [-0.4, -0.2) is 58.7 Å². The summed E-state index contributed by atoms with van der Waals surface area (Å²) in [5, 5.41) is 15.6. The van der Waals surface area contributed by atoms with Gasteiger partial charge in [-0.25, -0.2) is 4.98 Å². The zero-order chi connectivity index (χ0) is 22.7. The first-order chi connectivity index (χ1) is 15.4. The van der Waals surface area contributed by atoms with Crippen molar-refractivity contribution in [2.24, 2.45) is 0 Å². The van der Waals surface area contributed by atoms with Gasteiger partial charge in [0.2, 0.25) is 0 Å². The molecule has 8 heteroatoms. The lowest BCUT2D eigenvalue weighted by molar-refractivity contribution is 0.0985. The van der Waals surface area contributed by atoms with E-state index in [0.717, 1.165) is 53.2 Å². The van der Waals surface area contributed by atoms with Gasteiger partial charge in [0.25, 0.3) is 0 Å². The normalized spacial score (nSPS) is 17.3. The summed E-state index contributed by atoms with van der Waals surface area (Å²) in [6.45, 7) is 12.4. The molecular formula is C24H35N5O2Si. The number of aliphatic hydroxyl groups is 1. The highest BCUT2D eigenvalue weighted by atomic mass is 28.3. The summed E-state index contributed by atoms with van der Waals surface area (Å²) in [7, 11) is -1.02. The molecule has 0 bridgehead atoms. The third-order valence-corrected chi connectivity index (χ3v) is 7.99. The Morgan fingerprint density at radius 1 is 1.19 bits per heavy atom. The van der Waals surface area contributed by atoms with Crippen LogP contribution in [0.1, 0.15) is 25.3 Å². The molecule has 3 aromatic rings. The predicted octanol–water partition coefficient (Wildman–Crippen LogP) is 4.33. The van der Waals surface area contributed by atoms with Gasteiger partial charge in [0.1, 0.15) is 17.0 Å². The Kier molecular flexibility index (Phi) is 6.92. The van der Waals surface area contributed by atoms with Gasteiger partial charge in [-0.1, -0.05) is 32.1 Å². The molecule has 32 heavy (non-hydrogen) atoms. The number of rotatable bonds is 8. The van der Waals surface area contributed by atoms with Gasteiger partial charge in [-0.05, 0) is 37.1 Å². The van der Waals surface area contributed by atoms with Crippen LogP contribution in [0.25, 0.3) is 22.3 Å². The second-order valence-electron chi connectivity index (χ2n) is 9.93. The molecule has 1 fully saturated rings. The van der Waals surface area contributed by atoms with Crippen molar-refractivity contribution >= 4 is 24.8 Å². The highest BCUT2D eigenvalue weighted by Crippen LogP contribution is 2.31. The van der Waals surface area contributed by atoms with Crippen molar-refractivity contribution in [3.8, 4) is 11.4 Å². The fourth-order valence-corrected chi connectivity index (χ4v) is 5.68. The Morgan fingerprint density at radius 2 is 2.03 bits per heavy atom. The van der Waals surface area contributed by atoms with Crippen molar-refractivity contribution < 1.29 is 9.84 Å². The van der Waals surface area contributed by atoms with Gasteiger partial charge in [-0.2, -0.15) is 5.10 Å². The Balaban J connectivity index is 1.69. The van der Waals surface area contributed by atoms with E-state index in [9.17, 15) is 5.11 Å². The largest absolute Gasteiger partial charge is 0.392 e. The van der Waals surface area contributed by atoms with Gasteiger partial charge < -0.3 is 14.7 Å². The number of aliphatic hydroxyl groups excluding tert-OH is 1. The highest BCUT2D eigenvalue weighted by molar-refractivity contribution is 6.76. The fraction of sp³-hybridized carbons (Fsp3) is 0.542. The Hall–Kier alpha value is -2.29. The van der Waals surface area contributed by atoms with Gasteiger partial charge in [-0.3, -0.25) is 9.67 Å². The van der Waals surface area contributed by atoms with E-state index < -0.39 is 8.07 Å². The number of morpholine rings is 1. The summed E-state index contributed by atoms with van der Waals surface area (Å²) in [6.07, 6.45) is 5.98. The second kappa shape index (κ2) is 9.68. The maximum atomic E-state index is 10.1. The number of anilines is 1. The van der Waals surface area contributed by atoms with Crippen molar-refractivity contribution in [3.05, 3.63) is 36.2 Å². The maximum absolute atomic E-state index is 10.1. The quantitative estimate of drug-likeness (QED) is 0.404. The number of aryl methyl sites for hydroxylation is 1. The summed E-state index contributed by atoms with van der Waals surface area (Å²) in [6, 6.07) is 7.53. The Morgan fingerprint density at radius 3 is 2.78 bits per heavy atom. The summed E-state index contributed by atoms with van der Waals surface area (Å²) >= 11 is 0. The second-order valence-corrected chi connectivity index (χ2v) is 15.5. The van der Waals surface area contributed by atoms with Gasteiger partial charge >= 0.3 is 0 Å². The van der Waals surface area contributed by atoms with E-state index in [1.54, 1.807) is 6.20 Å². The Bertz CT molecular complexity index is 1060. The molecule has 0 saturated carbocycles. The minimum absolute atomic E-state index is 0.0376. The maximum Gasteiger partial charge on any atom is 0.130 e. The fourth-order valence-electron chi connectivity index (χ4n) is 4.37. The van der Waals surface area contributed by atoms with Crippen molar-refractivity contribution in [1.29, 1.82) is 0 Å². The van der Waals surface area contributed by atoms with Gasteiger partial charge in [0, 0.05) is 38.9 Å². The van der Waals surface area contributed by atoms with E-state index in [1.807, 2.05) is 24.4 Å². The van der Waals surface area contributed by atoms with Crippen LogP contribution in [0.3, 0.4) is 0 Å². The van der Waals surface area contributed by atoms with Gasteiger partial charge in [0.15, 0.2) is 0 Å². The number of nitrogens with zero attached hydrogens (tertiary/aromatic N) is 5. The van der Waals surface area contributed by atoms with E-state index in [1.165, 1.54) is 12.5 Å². The molecule has 0 radical (unpaired) electrons. The molecule has 172 valence electrons. The SMILES string of the molecule is C[C@@H]1COCCN1c1cc(CO)c2ccnc(-c3ccnn3CCCC[Si](C)(C)C)c2n1. The van der Waals surface area contributed by atoms with Crippen LogP contribution in [-0.2, 0) is 17.9 Å². The average molecular weight is 454 g/mol. The van der Waals surface area contributed by atoms with E-state index in [-0.39, 0.29) is 12.6 Å². The molecule has 0 amide bonds. The van der Waals surface area contributed by atoms with Crippen LogP contribution in [0.2, 0.25) is 25.7 Å². The lowest BCUT2D eigenvalue weighted by Gasteiger charge is -2.34. The minimum atomic E-state index is -1.02. The molecule has 4 rings (SSSR count). The number of hydrogen-bond donors (Lipinski definition) is 1. The molecule has 1 aliphatic heterocycles. The van der Waals surface area contributed by atoms with Crippen molar-refractivity contribution in [3.63, 3.8) is 0 Å². The molecule has 0 aromatic carbocycles. The molecule has 0 aliphatic carbocycles. The van der Waals surface area contributed by atoms with Crippen molar-refractivity contribution in [1.82, 2.24) is 19.7 Å². The predicted molar refractivity (Wildman–Crippen MR) is 132 cm³/mol. The standard InChI is InChI=1S/C24H35N5O2Si/c1-18-17-31-13-12-28(18)22-15-19(16-30)20-7-9-25-24(23(20)27-22)21-8-10-26-29(21)11-5-6-14-32(2,3)4/h7-10,15,18,30H,5-6,11-14,16-17H2,1-4H3/t18-/m1/s1. The van der Waals surface area contributed by atoms with Crippen molar-refractivity contribution in [2.45, 2.75) is 64.6 Å². The molecule has 0 unspecified atom stereocenters. The lowest BCUT2D eigenvalue weighted by Crippen LogP contribution is -2.44. The van der Waals surface area contributed by atoms with Crippen LogP contribution in [0.15, 0.2) is 30.6 Å². The Labute approximate surface area is 191 Å². The molecular weight excluding hydrogens is 418 g/mol. The highest BCUT2D eigenvalue weighted by Gasteiger charge is 2.23. The summed E-state index contributed by atoms with van der Waals surface area (Å²) in [5.74, 6) is 0.868. The van der Waals surface area contributed by atoms with E-state index in [2.05, 4.69) is 41.2 Å². The number of aromatic nitrogens is 4. The van der Waals surface area contributed by atoms with Crippen molar-refractivity contribution in [2.75, 3.05) is 24.7 Å². The van der Waals surface area contributed by atoms with Crippen LogP contribution >= 0.6 is 0 Å². The van der Waals surface area contributed by atoms with Crippen LogP contribution < -0.4 is 4.90 Å².